The molecule has 1 aliphatic heterocycles. The number of aliphatic hydroxyl groups is 1. The summed E-state index contributed by atoms with van der Waals surface area (Å²) in [5, 5.41) is 9.62. The van der Waals surface area contributed by atoms with Crippen LogP contribution < -0.4 is 11.5 Å². The molecule has 0 aromatic carbocycles. The van der Waals surface area contributed by atoms with Crippen LogP contribution in [0.4, 0.5) is 5.82 Å². The van der Waals surface area contributed by atoms with Crippen molar-refractivity contribution in [3.8, 4) is 0 Å². The summed E-state index contributed by atoms with van der Waals surface area (Å²) in [4.78, 5) is 20.1. The third-order valence-electron chi connectivity index (χ3n) is 3.68. The number of aromatic nitrogens is 3. The molecule has 0 radical (unpaired) electrons. The maximum Gasteiger partial charge on any atom is 0.251 e. The summed E-state index contributed by atoms with van der Waals surface area (Å²) in [5.74, 6) is 0.142. The number of hydrogen-bond acceptors (Lipinski definition) is 6. The molecule has 5 N–H and O–H groups in total. The summed E-state index contributed by atoms with van der Waals surface area (Å²) >= 11 is 0. The Bertz CT molecular complexity index is 711. The van der Waals surface area contributed by atoms with Crippen molar-refractivity contribution in [2.24, 2.45) is 5.73 Å². The summed E-state index contributed by atoms with van der Waals surface area (Å²) in [6.45, 7) is 1.69. The Morgan fingerprint density at radius 1 is 1.52 bits per heavy atom. The van der Waals surface area contributed by atoms with Gasteiger partial charge in [-0.2, -0.15) is 0 Å². The van der Waals surface area contributed by atoms with E-state index in [0.717, 1.165) is 12.8 Å². The number of hydrogen-bond donors (Lipinski definition) is 3. The smallest absolute Gasteiger partial charge is 0.251 e. The van der Waals surface area contributed by atoms with Gasteiger partial charge in [-0.25, -0.2) is 9.97 Å². The zero-order valence-corrected chi connectivity index (χ0v) is 11.6. The molecule has 1 amide bonds. The largest absolute Gasteiger partial charge is 0.394 e. The van der Waals surface area contributed by atoms with E-state index in [0.29, 0.717) is 16.9 Å². The number of ether oxygens (including phenoxy) is 1. The summed E-state index contributed by atoms with van der Waals surface area (Å²) < 4.78 is 7.48. The predicted octanol–water partition coefficient (Wildman–Crippen LogP) is 0.0907. The van der Waals surface area contributed by atoms with E-state index in [9.17, 15) is 9.90 Å². The molecule has 1 aliphatic rings. The van der Waals surface area contributed by atoms with Crippen LogP contribution in [0.2, 0.25) is 0 Å². The van der Waals surface area contributed by atoms with Gasteiger partial charge >= 0.3 is 0 Å². The Labute approximate surface area is 120 Å². The molecule has 1 fully saturated rings. The van der Waals surface area contributed by atoms with E-state index in [1.54, 1.807) is 17.7 Å². The summed E-state index contributed by atoms with van der Waals surface area (Å²) in [5.41, 5.74) is 12.1. The van der Waals surface area contributed by atoms with Crippen LogP contribution in [0, 0.1) is 6.92 Å². The van der Waals surface area contributed by atoms with Crippen LogP contribution in [0.25, 0.3) is 11.0 Å². The Morgan fingerprint density at radius 2 is 2.29 bits per heavy atom. The first-order valence-corrected chi connectivity index (χ1v) is 6.72. The molecule has 8 heteroatoms. The normalized spacial score (nSPS) is 22.0. The lowest BCUT2D eigenvalue weighted by Gasteiger charge is -2.14. The molecule has 0 unspecified atom stereocenters. The van der Waals surface area contributed by atoms with Crippen molar-refractivity contribution >= 4 is 22.8 Å². The van der Waals surface area contributed by atoms with Gasteiger partial charge < -0.3 is 25.9 Å². The van der Waals surface area contributed by atoms with Gasteiger partial charge in [-0.15, -0.1) is 0 Å². The number of carbonyl (C=O) groups excluding carboxylic acids is 1. The number of nitrogens with two attached hydrogens (primary N) is 2. The van der Waals surface area contributed by atoms with Gasteiger partial charge in [0, 0.05) is 6.20 Å². The number of aryl methyl sites for hydroxylation is 1. The molecule has 0 saturated carbocycles. The van der Waals surface area contributed by atoms with Crippen LogP contribution in [0.3, 0.4) is 0 Å². The number of amides is 1. The Balaban J connectivity index is 2.17. The second-order valence-corrected chi connectivity index (χ2v) is 5.14. The fourth-order valence-corrected chi connectivity index (χ4v) is 2.72. The molecule has 112 valence electrons. The molecule has 8 nitrogen and oxygen atoms in total. The molecule has 2 atom stereocenters. The van der Waals surface area contributed by atoms with E-state index in [1.165, 1.54) is 0 Å². The Morgan fingerprint density at radius 3 is 2.90 bits per heavy atom. The van der Waals surface area contributed by atoms with Crippen molar-refractivity contribution in [1.29, 1.82) is 0 Å². The predicted molar refractivity (Wildman–Crippen MR) is 75.4 cm³/mol. The molecule has 1 saturated heterocycles. The minimum Gasteiger partial charge on any atom is -0.394 e. The van der Waals surface area contributed by atoms with Gasteiger partial charge in [0.1, 0.15) is 23.5 Å². The quantitative estimate of drug-likeness (QED) is 0.735. The van der Waals surface area contributed by atoms with Crippen LogP contribution >= 0.6 is 0 Å². The average Bonchev–Trinajstić information content (AvgIpc) is 3.01. The fourth-order valence-electron chi connectivity index (χ4n) is 2.72. The number of anilines is 1. The number of fused-ring (bicyclic) bond motifs is 1. The second-order valence-electron chi connectivity index (χ2n) is 5.14. The van der Waals surface area contributed by atoms with E-state index in [1.807, 2.05) is 0 Å². The molecule has 0 aliphatic carbocycles. The second kappa shape index (κ2) is 4.97. The lowest BCUT2D eigenvalue weighted by Crippen LogP contribution is -2.14. The molecule has 3 rings (SSSR count). The van der Waals surface area contributed by atoms with Crippen molar-refractivity contribution in [2.45, 2.75) is 32.1 Å². The van der Waals surface area contributed by atoms with Gasteiger partial charge in [0.15, 0.2) is 0 Å². The minimum atomic E-state index is -0.588. The van der Waals surface area contributed by atoms with Crippen molar-refractivity contribution in [3.05, 3.63) is 17.6 Å². The highest BCUT2D eigenvalue weighted by molar-refractivity contribution is 6.08. The molecular weight excluding hydrogens is 274 g/mol. The zero-order chi connectivity index (χ0) is 15.1. The van der Waals surface area contributed by atoms with Crippen LogP contribution in [0.15, 0.2) is 6.20 Å². The fraction of sp³-hybridized carbons (Fsp3) is 0.462. The van der Waals surface area contributed by atoms with Crippen LogP contribution in [0.5, 0.6) is 0 Å². The van der Waals surface area contributed by atoms with Crippen LogP contribution in [-0.2, 0) is 4.74 Å². The molecular formula is C13H17N5O3. The van der Waals surface area contributed by atoms with Crippen molar-refractivity contribution in [1.82, 2.24) is 14.5 Å². The monoisotopic (exact) mass is 291 g/mol. The Kier molecular flexibility index (Phi) is 3.26. The van der Waals surface area contributed by atoms with Crippen molar-refractivity contribution in [2.75, 3.05) is 12.3 Å². The standard InChI is InChI=1S/C13H17N5O3/c1-6-16-11(14)10-8(12(15)20)4-18(13(10)17-6)9-3-2-7(5-19)21-9/h4,7,9,19H,2-3,5H2,1H3,(H2,15,20)(H2,14,16,17)/t7-,9+/m0/s1. The van der Waals surface area contributed by atoms with Gasteiger partial charge in [0.05, 0.1) is 23.7 Å². The SMILES string of the molecule is Cc1nc(N)c2c(C(N)=O)cn([C@H]3CC[C@@H](CO)O3)c2n1. The van der Waals surface area contributed by atoms with Gasteiger partial charge in [-0.3, -0.25) is 4.79 Å². The van der Waals surface area contributed by atoms with Crippen LogP contribution in [-0.4, -0.2) is 38.3 Å². The lowest BCUT2D eigenvalue weighted by molar-refractivity contribution is -0.0205. The van der Waals surface area contributed by atoms with Gasteiger partial charge in [-0.1, -0.05) is 0 Å². The maximum atomic E-state index is 11.6. The van der Waals surface area contributed by atoms with E-state index in [-0.39, 0.29) is 30.3 Å². The number of carbonyl (C=O) groups is 1. The number of aliphatic hydroxyl groups excluding tert-OH is 1. The molecule has 0 bridgehead atoms. The Hall–Kier alpha value is -2.19. The van der Waals surface area contributed by atoms with E-state index in [4.69, 9.17) is 16.2 Å². The van der Waals surface area contributed by atoms with Gasteiger partial charge in [-0.05, 0) is 19.8 Å². The average molecular weight is 291 g/mol. The highest BCUT2D eigenvalue weighted by Crippen LogP contribution is 2.33. The molecule has 0 spiro atoms. The van der Waals surface area contributed by atoms with E-state index in [2.05, 4.69) is 9.97 Å². The molecule has 2 aromatic heterocycles. The third kappa shape index (κ3) is 2.22. The highest BCUT2D eigenvalue weighted by atomic mass is 16.5. The van der Waals surface area contributed by atoms with Gasteiger partial charge in [0.25, 0.3) is 5.91 Å². The van der Waals surface area contributed by atoms with Gasteiger partial charge in [0.2, 0.25) is 0 Å². The summed E-state index contributed by atoms with van der Waals surface area (Å²) in [7, 11) is 0. The van der Waals surface area contributed by atoms with E-state index >= 15 is 0 Å². The number of nitrogen functional groups attached to an aromatic ring is 1. The molecule has 3 heterocycles. The van der Waals surface area contributed by atoms with Crippen molar-refractivity contribution < 1.29 is 14.6 Å². The third-order valence-corrected chi connectivity index (χ3v) is 3.68. The number of nitrogens with zero attached hydrogens (tertiary/aromatic N) is 3. The van der Waals surface area contributed by atoms with Crippen molar-refractivity contribution in [3.63, 3.8) is 0 Å². The first-order chi connectivity index (χ1) is 10.0. The summed E-state index contributed by atoms with van der Waals surface area (Å²) in [6.07, 6.45) is 2.56. The number of primary amides is 1. The zero-order valence-electron chi connectivity index (χ0n) is 11.6. The first-order valence-electron chi connectivity index (χ1n) is 6.72. The maximum absolute atomic E-state index is 11.6. The minimum absolute atomic E-state index is 0.0332. The number of rotatable bonds is 3. The first kappa shape index (κ1) is 13.8. The molecule has 21 heavy (non-hydrogen) atoms. The highest BCUT2D eigenvalue weighted by Gasteiger charge is 2.29. The molecule has 2 aromatic rings. The topological polar surface area (TPSA) is 129 Å². The lowest BCUT2D eigenvalue weighted by atomic mass is 10.2. The summed E-state index contributed by atoms with van der Waals surface area (Å²) in [6, 6.07) is 0. The van der Waals surface area contributed by atoms with Crippen LogP contribution in [0.1, 0.15) is 35.3 Å². The van der Waals surface area contributed by atoms with E-state index < -0.39 is 5.91 Å².